The minimum atomic E-state index is 0.100. The van der Waals surface area contributed by atoms with E-state index in [-0.39, 0.29) is 31.0 Å². The van der Waals surface area contributed by atoms with Gasteiger partial charge in [0, 0.05) is 0 Å². The first-order chi connectivity index (χ1) is 3.00. The van der Waals surface area contributed by atoms with E-state index in [2.05, 4.69) is 0 Å². The molecule has 29 valence electrons. The molecule has 0 fully saturated rings. The molecule has 0 N–H and O–H groups in total. The van der Waals surface area contributed by atoms with Gasteiger partial charge in [-0.25, -0.2) is 0 Å². The summed E-state index contributed by atoms with van der Waals surface area (Å²) in [5.41, 5.74) is 0. The van der Waals surface area contributed by atoms with E-state index in [4.69, 9.17) is 8.66 Å². The van der Waals surface area contributed by atoms with Gasteiger partial charge in [0.25, 0.3) is 0 Å². The van der Waals surface area contributed by atoms with Gasteiger partial charge < -0.3 is 0 Å². The van der Waals surface area contributed by atoms with E-state index in [0.717, 1.165) is 0 Å². The predicted molar refractivity (Wildman–Crippen MR) is 9.21 cm³/mol. The Morgan fingerprint density at radius 1 is 1.17 bits per heavy atom. The third kappa shape index (κ3) is 38.9. The van der Waals surface area contributed by atoms with Crippen LogP contribution in [-0.4, -0.2) is 16.2 Å². The maximum absolute atomic E-state index is 8.38. The molecule has 0 amide bonds. The molecule has 0 aromatic heterocycles. The van der Waals surface area contributed by atoms with E-state index < -0.39 is 0 Å². The molecule has 0 spiro atoms. The van der Waals surface area contributed by atoms with Crippen molar-refractivity contribution >= 4 is 16.2 Å². The first-order valence-corrected chi connectivity index (χ1v) is 3.47. The van der Waals surface area contributed by atoms with E-state index in [1.807, 2.05) is 0 Å². The molecule has 6 heteroatoms. The molecule has 0 rings (SSSR count). The molecule has 0 aromatic carbocycles. The molecule has 6 heavy (non-hydrogen) atoms. The average molecular weight is 256 g/mol. The number of hydrogen-bond donors (Lipinski definition) is 0. The van der Waals surface area contributed by atoms with Gasteiger partial charge in [0.05, 0.1) is 0 Å². The van der Waals surface area contributed by atoms with Crippen LogP contribution in [0.1, 0.15) is 0 Å². The Morgan fingerprint density at radius 2 is 1.17 bits per heavy atom. The molecule has 3 nitrogen and oxygen atoms in total. The summed E-state index contributed by atoms with van der Waals surface area (Å²) in [6.07, 6.45) is 0. The van der Waals surface area contributed by atoms with Crippen LogP contribution in [0.25, 0.3) is 0 Å². The SMILES string of the molecule is [O]=[AlH].[O]=[Y].[O]=[Zr]. The van der Waals surface area contributed by atoms with E-state index >= 15 is 0 Å². The first kappa shape index (κ1) is 15.7. The van der Waals surface area contributed by atoms with Crippen molar-refractivity contribution in [1.82, 2.24) is 0 Å². The van der Waals surface area contributed by atoms with Crippen LogP contribution in [0, 0.1) is 0 Å². The van der Waals surface area contributed by atoms with Gasteiger partial charge in [-0.3, -0.25) is 0 Å². The monoisotopic (exact) mass is 255 g/mol. The Labute approximate surface area is 79.2 Å². The van der Waals surface area contributed by atoms with Crippen molar-refractivity contribution in [2.45, 2.75) is 0 Å². The van der Waals surface area contributed by atoms with Crippen molar-refractivity contribution in [3.8, 4) is 0 Å². The molecule has 0 unspecified atom stereocenters. The quantitative estimate of drug-likeness (QED) is 0.522. The second kappa shape index (κ2) is 65.8. The molecule has 0 aliphatic carbocycles. The van der Waals surface area contributed by atoms with Crippen LogP contribution in [0.2, 0.25) is 0 Å². The Hall–Kier alpha value is 1.92. The summed E-state index contributed by atoms with van der Waals surface area (Å²) >= 11 is 1.01. The summed E-state index contributed by atoms with van der Waals surface area (Å²) in [5, 5.41) is 0. The maximum atomic E-state index is 8.38. The Kier molecular flexibility index (Phi) is 172. The van der Waals surface area contributed by atoms with Crippen molar-refractivity contribution < 1.29 is 64.4 Å². The number of hydrogen-bond acceptors (Lipinski definition) is 3. The van der Waals surface area contributed by atoms with Crippen molar-refractivity contribution in [2.24, 2.45) is 0 Å². The summed E-state index contributed by atoms with van der Waals surface area (Å²) in [4.78, 5) is 0. The zero-order chi connectivity index (χ0) is 6.00. The van der Waals surface area contributed by atoms with Crippen LogP contribution in [0.3, 0.4) is 0 Å². The van der Waals surface area contributed by atoms with Gasteiger partial charge in [-0.05, 0) is 0 Å². The van der Waals surface area contributed by atoms with Gasteiger partial charge in [-0.2, -0.15) is 0 Å². The summed E-state index contributed by atoms with van der Waals surface area (Å²) in [7, 11) is 0. The molecule has 0 bridgehead atoms. The van der Waals surface area contributed by atoms with Gasteiger partial charge >= 0.3 is 80.6 Å². The second-order valence-corrected chi connectivity index (χ2v) is 0. The fourth-order valence-electron chi connectivity index (χ4n) is 0. The molecule has 0 saturated carbocycles. The van der Waals surface area contributed by atoms with Crippen molar-refractivity contribution in [2.75, 3.05) is 0 Å². The molecule has 0 aromatic rings. The van der Waals surface area contributed by atoms with Crippen molar-refractivity contribution in [1.29, 1.82) is 0 Å². The van der Waals surface area contributed by atoms with Gasteiger partial charge in [0.2, 0.25) is 0 Å². The second-order valence-electron chi connectivity index (χ2n) is 0. The predicted octanol–water partition coefficient (Wildman–Crippen LogP) is -1.01. The van der Waals surface area contributed by atoms with Crippen molar-refractivity contribution in [3.05, 3.63) is 0 Å². The fourth-order valence-corrected chi connectivity index (χ4v) is 0. The standard InChI is InChI=1S/Al.3O.Y.Zr.H. The Morgan fingerprint density at radius 3 is 1.17 bits per heavy atom. The zero-order valence-corrected chi connectivity index (χ0v) is 9.72. The Balaban J connectivity index is -0.0000000225. The van der Waals surface area contributed by atoms with E-state index in [1.165, 1.54) is 0 Å². The summed E-state index contributed by atoms with van der Waals surface area (Å²) in [6.45, 7) is 0. The molecule has 0 heterocycles. The summed E-state index contributed by atoms with van der Waals surface area (Å²) in [5.74, 6) is 0. The number of rotatable bonds is 0. The van der Waals surface area contributed by atoms with Crippen LogP contribution in [0.15, 0.2) is 0 Å². The molecule has 0 aliphatic heterocycles. The molecule has 0 atom stereocenters. The van der Waals surface area contributed by atoms with E-state index in [1.54, 1.807) is 0 Å². The molecule has 0 aliphatic rings. The molecule has 0 saturated heterocycles. The van der Waals surface area contributed by atoms with E-state index in [9.17, 15) is 0 Å². The average Bonchev–Trinajstić information content (AvgIpc) is 1.81. The Bertz CT molecular complexity index is 15.5. The third-order valence-electron chi connectivity index (χ3n) is 0. The first-order valence-electron chi connectivity index (χ1n) is 0.729. The van der Waals surface area contributed by atoms with Gasteiger partial charge in [0.1, 0.15) is 0 Å². The minimum absolute atomic E-state index is 0.100. The topological polar surface area (TPSA) is 51.2 Å². The zero-order valence-electron chi connectivity index (χ0n) is 3.01. The van der Waals surface area contributed by atoms with Crippen molar-refractivity contribution in [3.63, 3.8) is 0 Å². The van der Waals surface area contributed by atoms with Gasteiger partial charge in [-0.15, -0.1) is 0 Å². The molecular weight excluding hydrogens is 255 g/mol. The summed E-state index contributed by atoms with van der Waals surface area (Å²) < 4.78 is 25.0. The van der Waals surface area contributed by atoms with Crippen LogP contribution >= 0.6 is 0 Å². The van der Waals surface area contributed by atoms with Gasteiger partial charge in [0.15, 0.2) is 0 Å². The molecule has 0 radical (unpaired) electrons. The third-order valence-corrected chi connectivity index (χ3v) is 0. The molecular formula is HAlO3YZr. The normalized spacial score (nSPS) is 2.00. The summed E-state index contributed by atoms with van der Waals surface area (Å²) in [6, 6.07) is 0. The fraction of sp³-hybridized carbons (Fsp3) is 0. The van der Waals surface area contributed by atoms with E-state index in [0.29, 0.717) is 40.9 Å². The van der Waals surface area contributed by atoms with Crippen LogP contribution in [0.5, 0.6) is 0 Å². The van der Waals surface area contributed by atoms with Crippen LogP contribution in [-0.2, 0) is 64.4 Å². The van der Waals surface area contributed by atoms with Crippen LogP contribution < -0.4 is 0 Å². The van der Waals surface area contributed by atoms with Gasteiger partial charge in [-0.1, -0.05) is 0 Å². The van der Waals surface area contributed by atoms with Crippen LogP contribution in [0.4, 0.5) is 0 Å².